The van der Waals surface area contributed by atoms with E-state index in [2.05, 4.69) is 5.32 Å². The minimum absolute atomic E-state index is 0.115. The largest absolute Gasteiger partial charge is 0.352 e. The van der Waals surface area contributed by atoms with Crippen LogP contribution < -0.4 is 5.32 Å². The van der Waals surface area contributed by atoms with Crippen LogP contribution in [0.3, 0.4) is 0 Å². The number of rotatable bonds is 5. The SMILES string of the molecule is C[S@@](=O)c1ccc(C(=O)NCCC(=O)N2CCCCCC2)cc1. The highest BCUT2D eigenvalue weighted by atomic mass is 32.2. The van der Waals surface area contributed by atoms with Crippen LogP contribution in [0, 0.1) is 0 Å². The quantitative estimate of drug-likeness (QED) is 0.894. The number of carbonyl (C=O) groups excluding carboxylic acids is 2. The van der Waals surface area contributed by atoms with Gasteiger partial charge in [0.25, 0.3) is 5.91 Å². The Balaban J connectivity index is 1.77. The molecule has 0 unspecified atom stereocenters. The van der Waals surface area contributed by atoms with Gasteiger partial charge in [0.05, 0.1) is 0 Å². The molecule has 5 nitrogen and oxygen atoms in total. The van der Waals surface area contributed by atoms with E-state index in [0.29, 0.717) is 23.4 Å². The molecule has 6 heteroatoms. The van der Waals surface area contributed by atoms with Crippen LogP contribution in [-0.4, -0.2) is 46.8 Å². The average Bonchev–Trinajstić information content (AvgIpc) is 2.84. The Morgan fingerprint density at radius 2 is 1.70 bits per heavy atom. The van der Waals surface area contributed by atoms with Gasteiger partial charge in [0.2, 0.25) is 5.91 Å². The van der Waals surface area contributed by atoms with Gasteiger partial charge in [0.1, 0.15) is 0 Å². The van der Waals surface area contributed by atoms with Crippen molar-refractivity contribution < 1.29 is 13.8 Å². The van der Waals surface area contributed by atoms with Gasteiger partial charge in [-0.1, -0.05) is 12.8 Å². The number of nitrogens with one attached hydrogen (secondary N) is 1. The number of hydrogen-bond donors (Lipinski definition) is 1. The minimum atomic E-state index is -1.05. The fourth-order valence-electron chi connectivity index (χ4n) is 2.66. The summed E-state index contributed by atoms with van der Waals surface area (Å²) in [5.41, 5.74) is 0.515. The van der Waals surface area contributed by atoms with E-state index in [1.807, 2.05) is 4.90 Å². The smallest absolute Gasteiger partial charge is 0.251 e. The molecular weight excluding hydrogens is 312 g/mol. The highest BCUT2D eigenvalue weighted by Gasteiger charge is 2.15. The fraction of sp³-hybridized carbons (Fsp3) is 0.529. The molecule has 0 radical (unpaired) electrons. The number of amides is 2. The number of benzene rings is 1. The molecule has 0 spiro atoms. The van der Waals surface area contributed by atoms with Crippen LogP contribution in [0.25, 0.3) is 0 Å². The second-order valence-corrected chi connectivity index (χ2v) is 7.16. The molecule has 0 saturated carbocycles. The predicted molar refractivity (Wildman–Crippen MR) is 90.8 cm³/mol. The molecule has 2 rings (SSSR count). The molecule has 1 aliphatic heterocycles. The van der Waals surface area contributed by atoms with Crippen molar-refractivity contribution in [3.05, 3.63) is 29.8 Å². The van der Waals surface area contributed by atoms with Gasteiger partial charge in [-0.05, 0) is 37.1 Å². The van der Waals surface area contributed by atoms with Crippen LogP contribution in [0.15, 0.2) is 29.2 Å². The maximum atomic E-state index is 12.1. The highest BCUT2D eigenvalue weighted by molar-refractivity contribution is 7.84. The van der Waals surface area contributed by atoms with Crippen LogP contribution in [0.4, 0.5) is 0 Å². The lowest BCUT2D eigenvalue weighted by Crippen LogP contribution is -2.35. The van der Waals surface area contributed by atoms with Crippen molar-refractivity contribution in [2.45, 2.75) is 37.0 Å². The Hall–Kier alpha value is -1.69. The molecule has 1 aromatic carbocycles. The van der Waals surface area contributed by atoms with Crippen molar-refractivity contribution in [3.63, 3.8) is 0 Å². The van der Waals surface area contributed by atoms with Gasteiger partial charge in [-0.25, -0.2) is 0 Å². The van der Waals surface area contributed by atoms with E-state index in [4.69, 9.17) is 0 Å². The Labute approximate surface area is 139 Å². The van der Waals surface area contributed by atoms with Gasteiger partial charge in [-0.3, -0.25) is 13.8 Å². The normalized spacial score (nSPS) is 16.5. The number of nitrogens with zero attached hydrogens (tertiary/aromatic N) is 1. The summed E-state index contributed by atoms with van der Waals surface area (Å²) >= 11 is 0. The Morgan fingerprint density at radius 3 is 2.26 bits per heavy atom. The van der Waals surface area contributed by atoms with Crippen LogP contribution in [-0.2, 0) is 15.6 Å². The highest BCUT2D eigenvalue weighted by Crippen LogP contribution is 2.11. The zero-order chi connectivity index (χ0) is 16.7. The van der Waals surface area contributed by atoms with Gasteiger partial charge < -0.3 is 10.2 Å². The van der Waals surface area contributed by atoms with Crippen molar-refractivity contribution in [1.82, 2.24) is 10.2 Å². The van der Waals surface area contributed by atoms with Crippen molar-refractivity contribution >= 4 is 22.6 Å². The second-order valence-electron chi connectivity index (χ2n) is 5.78. The molecule has 0 aliphatic carbocycles. The summed E-state index contributed by atoms with van der Waals surface area (Å²) in [4.78, 5) is 26.8. The summed E-state index contributed by atoms with van der Waals surface area (Å²) < 4.78 is 11.3. The molecule has 23 heavy (non-hydrogen) atoms. The molecule has 126 valence electrons. The first-order valence-corrected chi connectivity index (χ1v) is 9.63. The van der Waals surface area contributed by atoms with Crippen molar-refractivity contribution in [3.8, 4) is 0 Å². The van der Waals surface area contributed by atoms with E-state index in [-0.39, 0.29) is 11.8 Å². The van der Waals surface area contributed by atoms with Crippen LogP contribution in [0.2, 0.25) is 0 Å². The first-order chi connectivity index (χ1) is 11.1. The van der Waals surface area contributed by atoms with Crippen LogP contribution >= 0.6 is 0 Å². The van der Waals surface area contributed by atoms with Gasteiger partial charge >= 0.3 is 0 Å². The van der Waals surface area contributed by atoms with Gasteiger partial charge in [0, 0.05) is 53.6 Å². The van der Waals surface area contributed by atoms with Gasteiger partial charge in [0.15, 0.2) is 0 Å². The van der Waals surface area contributed by atoms with E-state index in [0.717, 1.165) is 25.9 Å². The molecule has 1 aromatic rings. The first kappa shape index (κ1) is 17.7. The number of carbonyl (C=O) groups is 2. The monoisotopic (exact) mass is 336 g/mol. The molecule has 1 aliphatic rings. The summed E-state index contributed by atoms with van der Waals surface area (Å²) in [7, 11) is -1.05. The Bertz CT molecular complexity index is 564. The molecule has 1 saturated heterocycles. The molecule has 2 amide bonds. The van der Waals surface area contributed by atoms with E-state index in [9.17, 15) is 13.8 Å². The molecule has 0 bridgehead atoms. The van der Waals surface area contributed by atoms with Crippen LogP contribution in [0.5, 0.6) is 0 Å². The summed E-state index contributed by atoms with van der Waals surface area (Å²) in [5, 5.41) is 2.77. The Morgan fingerprint density at radius 1 is 1.09 bits per heavy atom. The second kappa shape index (κ2) is 8.82. The van der Waals surface area contributed by atoms with E-state index in [1.165, 1.54) is 12.8 Å². The zero-order valence-electron chi connectivity index (χ0n) is 13.5. The average molecular weight is 336 g/mol. The van der Waals surface area contributed by atoms with Crippen molar-refractivity contribution in [1.29, 1.82) is 0 Å². The zero-order valence-corrected chi connectivity index (χ0v) is 14.4. The molecule has 1 N–H and O–H groups in total. The third kappa shape index (κ3) is 5.46. The lowest BCUT2D eigenvalue weighted by molar-refractivity contribution is -0.131. The number of likely N-dealkylation sites (tertiary alicyclic amines) is 1. The van der Waals surface area contributed by atoms with Gasteiger partial charge in [-0.15, -0.1) is 0 Å². The molecule has 1 fully saturated rings. The first-order valence-electron chi connectivity index (χ1n) is 8.07. The summed E-state index contributed by atoms with van der Waals surface area (Å²) in [5.74, 6) is -0.0916. The third-order valence-electron chi connectivity index (χ3n) is 4.03. The minimum Gasteiger partial charge on any atom is -0.352 e. The molecule has 1 heterocycles. The van der Waals surface area contributed by atoms with Crippen molar-refractivity contribution in [2.75, 3.05) is 25.9 Å². The summed E-state index contributed by atoms with van der Waals surface area (Å²) in [6.07, 6.45) is 6.47. The fourth-order valence-corrected chi connectivity index (χ4v) is 3.18. The van der Waals surface area contributed by atoms with Crippen molar-refractivity contribution in [2.24, 2.45) is 0 Å². The molecular formula is C17H24N2O3S. The standard InChI is InChI=1S/C17H24N2O3S/c1-23(22)15-8-6-14(7-9-15)17(21)18-11-10-16(20)19-12-4-2-3-5-13-19/h6-9H,2-5,10-13H2,1H3,(H,18,21)/t23-/m1/s1. The van der Waals surface area contributed by atoms with E-state index < -0.39 is 10.8 Å². The lowest BCUT2D eigenvalue weighted by Gasteiger charge is -2.20. The van der Waals surface area contributed by atoms with Gasteiger partial charge in [-0.2, -0.15) is 0 Å². The van der Waals surface area contributed by atoms with Crippen LogP contribution in [0.1, 0.15) is 42.5 Å². The maximum Gasteiger partial charge on any atom is 0.251 e. The third-order valence-corrected chi connectivity index (χ3v) is 4.97. The van der Waals surface area contributed by atoms with E-state index in [1.54, 1.807) is 30.5 Å². The molecule has 1 atom stereocenters. The Kier molecular flexibility index (Phi) is 6.77. The number of hydrogen-bond acceptors (Lipinski definition) is 3. The topological polar surface area (TPSA) is 66.5 Å². The lowest BCUT2D eigenvalue weighted by atomic mass is 10.2. The summed E-state index contributed by atoms with van der Waals surface area (Å²) in [6.45, 7) is 2.01. The molecule has 0 aromatic heterocycles. The summed E-state index contributed by atoms with van der Waals surface area (Å²) in [6, 6.07) is 6.69. The maximum absolute atomic E-state index is 12.1. The predicted octanol–water partition coefficient (Wildman–Crippen LogP) is 1.95. The van der Waals surface area contributed by atoms with E-state index >= 15 is 0 Å².